The molecular formula is C18H18FN3O. The lowest BCUT2D eigenvalue weighted by Gasteiger charge is -2.07. The zero-order chi connectivity index (χ0) is 16.1. The first-order valence-corrected chi connectivity index (χ1v) is 7.54. The van der Waals surface area contributed by atoms with Crippen molar-refractivity contribution in [1.29, 1.82) is 0 Å². The number of aromatic amines is 1. The molecule has 2 amide bonds. The lowest BCUT2D eigenvalue weighted by molar-refractivity contribution is 0.240. The maximum atomic E-state index is 13.5. The molecule has 0 fully saturated rings. The van der Waals surface area contributed by atoms with E-state index in [9.17, 15) is 9.18 Å². The molecular weight excluding hydrogens is 293 g/mol. The van der Waals surface area contributed by atoms with Crippen LogP contribution in [0, 0.1) is 5.82 Å². The van der Waals surface area contributed by atoms with Gasteiger partial charge in [0.25, 0.3) is 0 Å². The number of H-pyrrole nitrogens is 1. The molecule has 1 aromatic heterocycles. The summed E-state index contributed by atoms with van der Waals surface area (Å²) in [6, 6.07) is 16.3. The van der Waals surface area contributed by atoms with Crippen molar-refractivity contribution in [3.05, 3.63) is 71.7 Å². The number of hydrogen-bond acceptors (Lipinski definition) is 1. The second kappa shape index (κ2) is 6.96. The summed E-state index contributed by atoms with van der Waals surface area (Å²) in [4.78, 5) is 15.0. The molecule has 0 saturated heterocycles. The van der Waals surface area contributed by atoms with E-state index < -0.39 is 0 Å². The molecule has 0 saturated carbocycles. The fraction of sp³-hybridized carbons (Fsp3) is 0.167. The number of rotatable bonds is 5. The predicted molar refractivity (Wildman–Crippen MR) is 88.6 cm³/mol. The predicted octanol–water partition coefficient (Wildman–Crippen LogP) is 3.35. The molecule has 0 aliphatic carbocycles. The second-order valence-electron chi connectivity index (χ2n) is 5.33. The number of benzene rings is 2. The highest BCUT2D eigenvalue weighted by Crippen LogP contribution is 2.14. The Morgan fingerprint density at radius 2 is 1.83 bits per heavy atom. The SMILES string of the molecule is O=C(NCCc1ccccc1F)NCc1cc2ccccc2[nH]1. The molecule has 5 heteroatoms. The number of carbonyl (C=O) groups is 1. The van der Waals surface area contributed by atoms with Gasteiger partial charge in [0.05, 0.1) is 6.54 Å². The van der Waals surface area contributed by atoms with Crippen molar-refractivity contribution in [2.45, 2.75) is 13.0 Å². The van der Waals surface area contributed by atoms with Gasteiger partial charge in [0.15, 0.2) is 0 Å². The molecule has 4 nitrogen and oxygen atoms in total. The van der Waals surface area contributed by atoms with Crippen LogP contribution in [0.4, 0.5) is 9.18 Å². The summed E-state index contributed by atoms with van der Waals surface area (Å²) in [5.41, 5.74) is 2.59. The Kier molecular flexibility index (Phi) is 4.57. The third-order valence-electron chi connectivity index (χ3n) is 3.66. The summed E-state index contributed by atoms with van der Waals surface area (Å²) in [7, 11) is 0. The van der Waals surface area contributed by atoms with E-state index in [1.807, 2.05) is 30.3 Å². The first-order chi connectivity index (χ1) is 11.2. The van der Waals surface area contributed by atoms with Crippen molar-refractivity contribution in [3.63, 3.8) is 0 Å². The van der Waals surface area contributed by atoms with Crippen LogP contribution in [0.3, 0.4) is 0 Å². The van der Waals surface area contributed by atoms with E-state index in [-0.39, 0.29) is 11.8 Å². The summed E-state index contributed by atoms with van der Waals surface area (Å²) >= 11 is 0. The molecule has 0 spiro atoms. The lowest BCUT2D eigenvalue weighted by Crippen LogP contribution is -2.36. The molecule has 3 rings (SSSR count). The topological polar surface area (TPSA) is 56.9 Å². The molecule has 0 aliphatic rings. The van der Waals surface area contributed by atoms with Crippen LogP contribution in [0.15, 0.2) is 54.6 Å². The summed E-state index contributed by atoms with van der Waals surface area (Å²) in [6.07, 6.45) is 0.465. The van der Waals surface area contributed by atoms with Crippen molar-refractivity contribution in [2.75, 3.05) is 6.54 Å². The van der Waals surface area contributed by atoms with Crippen molar-refractivity contribution in [3.8, 4) is 0 Å². The van der Waals surface area contributed by atoms with E-state index in [2.05, 4.69) is 15.6 Å². The molecule has 0 atom stereocenters. The van der Waals surface area contributed by atoms with E-state index in [1.165, 1.54) is 6.07 Å². The zero-order valence-corrected chi connectivity index (χ0v) is 12.6. The van der Waals surface area contributed by atoms with Crippen LogP contribution in [0.25, 0.3) is 10.9 Å². The van der Waals surface area contributed by atoms with Crippen LogP contribution in [0.5, 0.6) is 0 Å². The minimum absolute atomic E-state index is 0.243. The van der Waals surface area contributed by atoms with Gasteiger partial charge in [-0.1, -0.05) is 36.4 Å². The van der Waals surface area contributed by atoms with Gasteiger partial charge in [-0.2, -0.15) is 0 Å². The molecule has 23 heavy (non-hydrogen) atoms. The van der Waals surface area contributed by atoms with Gasteiger partial charge in [-0.3, -0.25) is 0 Å². The summed E-state index contributed by atoms with van der Waals surface area (Å²) in [5, 5.41) is 6.63. The Morgan fingerprint density at radius 1 is 1.04 bits per heavy atom. The van der Waals surface area contributed by atoms with Gasteiger partial charge < -0.3 is 15.6 Å². The average molecular weight is 311 g/mol. The Balaban J connectivity index is 1.45. The normalized spacial score (nSPS) is 10.7. The minimum atomic E-state index is -0.264. The van der Waals surface area contributed by atoms with Gasteiger partial charge in [-0.25, -0.2) is 9.18 Å². The largest absolute Gasteiger partial charge is 0.357 e. The number of halogens is 1. The van der Waals surface area contributed by atoms with Crippen molar-refractivity contribution in [2.24, 2.45) is 0 Å². The highest BCUT2D eigenvalue weighted by Gasteiger charge is 2.04. The lowest BCUT2D eigenvalue weighted by atomic mass is 10.1. The van der Waals surface area contributed by atoms with E-state index in [1.54, 1.807) is 18.2 Å². The van der Waals surface area contributed by atoms with E-state index >= 15 is 0 Å². The highest BCUT2D eigenvalue weighted by molar-refractivity contribution is 5.80. The van der Waals surface area contributed by atoms with Gasteiger partial charge in [0.2, 0.25) is 0 Å². The minimum Gasteiger partial charge on any atom is -0.357 e. The molecule has 3 N–H and O–H groups in total. The number of aromatic nitrogens is 1. The first-order valence-electron chi connectivity index (χ1n) is 7.54. The zero-order valence-electron chi connectivity index (χ0n) is 12.6. The van der Waals surface area contributed by atoms with Crippen molar-refractivity contribution in [1.82, 2.24) is 15.6 Å². The fourth-order valence-electron chi connectivity index (χ4n) is 2.48. The molecule has 0 unspecified atom stereocenters. The smallest absolute Gasteiger partial charge is 0.315 e. The van der Waals surface area contributed by atoms with E-state index in [0.29, 0.717) is 25.1 Å². The molecule has 1 heterocycles. The quantitative estimate of drug-likeness (QED) is 0.665. The number of para-hydroxylation sites is 1. The highest BCUT2D eigenvalue weighted by atomic mass is 19.1. The molecule has 0 aliphatic heterocycles. The summed E-state index contributed by atoms with van der Waals surface area (Å²) in [5.74, 6) is -0.243. The average Bonchev–Trinajstić information content (AvgIpc) is 2.98. The van der Waals surface area contributed by atoms with Gasteiger partial charge in [0.1, 0.15) is 5.82 Å². The number of amides is 2. The van der Waals surface area contributed by atoms with Crippen LogP contribution in [0.2, 0.25) is 0 Å². The van der Waals surface area contributed by atoms with Gasteiger partial charge in [-0.05, 0) is 35.6 Å². The number of hydrogen-bond donors (Lipinski definition) is 3. The molecule has 0 radical (unpaired) electrons. The summed E-state index contributed by atoms with van der Waals surface area (Å²) in [6.45, 7) is 0.805. The van der Waals surface area contributed by atoms with Crippen LogP contribution in [-0.4, -0.2) is 17.6 Å². The van der Waals surface area contributed by atoms with Crippen LogP contribution >= 0.6 is 0 Å². The first kappa shape index (κ1) is 15.1. The molecule has 2 aromatic carbocycles. The standard InChI is InChI=1S/C18H18FN3O/c19-16-7-3-1-5-13(16)9-10-20-18(23)21-12-15-11-14-6-2-4-8-17(14)22-15/h1-8,11,22H,9-10,12H2,(H2,20,21,23). The Hall–Kier alpha value is -2.82. The number of carbonyl (C=O) groups excluding carboxylic acids is 1. The van der Waals surface area contributed by atoms with Gasteiger partial charge in [0, 0.05) is 17.8 Å². The Labute approximate surface area is 133 Å². The molecule has 3 aromatic rings. The van der Waals surface area contributed by atoms with Crippen LogP contribution in [0.1, 0.15) is 11.3 Å². The maximum Gasteiger partial charge on any atom is 0.315 e. The van der Waals surface area contributed by atoms with Crippen molar-refractivity contribution >= 4 is 16.9 Å². The monoisotopic (exact) mass is 311 g/mol. The third-order valence-corrected chi connectivity index (χ3v) is 3.66. The molecule has 118 valence electrons. The van der Waals surface area contributed by atoms with Crippen LogP contribution < -0.4 is 10.6 Å². The van der Waals surface area contributed by atoms with Crippen LogP contribution in [-0.2, 0) is 13.0 Å². The van der Waals surface area contributed by atoms with E-state index in [4.69, 9.17) is 0 Å². The fourth-order valence-corrected chi connectivity index (χ4v) is 2.48. The van der Waals surface area contributed by atoms with Crippen molar-refractivity contribution < 1.29 is 9.18 Å². The van der Waals surface area contributed by atoms with Gasteiger partial charge >= 0.3 is 6.03 Å². The number of urea groups is 1. The maximum absolute atomic E-state index is 13.5. The Morgan fingerprint density at radius 3 is 2.65 bits per heavy atom. The summed E-state index contributed by atoms with van der Waals surface area (Å²) < 4.78 is 13.5. The third kappa shape index (κ3) is 3.88. The molecule has 0 bridgehead atoms. The second-order valence-corrected chi connectivity index (χ2v) is 5.33. The Bertz CT molecular complexity index is 780. The van der Waals surface area contributed by atoms with E-state index in [0.717, 1.165) is 16.6 Å². The van der Waals surface area contributed by atoms with Gasteiger partial charge in [-0.15, -0.1) is 0 Å². The number of fused-ring (bicyclic) bond motifs is 1. The number of nitrogens with one attached hydrogen (secondary N) is 3.